The zero-order chi connectivity index (χ0) is 19.8. The molecule has 29 heavy (non-hydrogen) atoms. The minimum absolute atomic E-state index is 0.0513. The van der Waals surface area contributed by atoms with Crippen LogP contribution in [0.25, 0.3) is 10.8 Å². The average Bonchev–Trinajstić information content (AvgIpc) is 3.02. The number of hydrogen-bond acceptors (Lipinski definition) is 3. The van der Waals surface area contributed by atoms with Crippen LogP contribution in [0.15, 0.2) is 65.9 Å². The maximum Gasteiger partial charge on any atom is 0.244 e. The maximum atomic E-state index is 14.4. The summed E-state index contributed by atoms with van der Waals surface area (Å²) < 4.78 is 14.4. The van der Waals surface area contributed by atoms with Crippen molar-refractivity contribution in [1.29, 1.82) is 0 Å². The van der Waals surface area contributed by atoms with Gasteiger partial charge in [0.05, 0.1) is 0 Å². The number of carbonyl (C=O) groups is 2. The molecule has 1 unspecified atom stereocenters. The summed E-state index contributed by atoms with van der Waals surface area (Å²) >= 11 is 0. The molecule has 1 amide bonds. The standard InChI is InChI=1S/C24H17FN2O2/c25-14-9-11-17-16(12-14)24(22-18(26-17)6-3-7-20(22)28)21-15-5-2-1-4-13(15)8-10-19(21)27-23(24)29/h1-2,4-5,8-12,26H,3,6-7H2,(H,27,29). The van der Waals surface area contributed by atoms with Crippen LogP contribution >= 0.6 is 0 Å². The highest BCUT2D eigenvalue weighted by atomic mass is 19.1. The van der Waals surface area contributed by atoms with Gasteiger partial charge >= 0.3 is 0 Å². The molecule has 142 valence electrons. The number of allylic oxidation sites excluding steroid dienone is 1. The number of Topliss-reactive ketones (excluding diaryl/α,β-unsaturated/α-hetero) is 1. The number of nitrogens with one attached hydrogen (secondary N) is 2. The lowest BCUT2D eigenvalue weighted by atomic mass is 9.63. The summed E-state index contributed by atoms with van der Waals surface area (Å²) in [4.78, 5) is 26.9. The summed E-state index contributed by atoms with van der Waals surface area (Å²) in [7, 11) is 0. The van der Waals surface area contributed by atoms with E-state index < -0.39 is 11.2 Å². The van der Waals surface area contributed by atoms with E-state index in [1.165, 1.54) is 12.1 Å². The lowest BCUT2D eigenvalue weighted by molar-refractivity contribution is -0.122. The van der Waals surface area contributed by atoms with Crippen LogP contribution in [-0.2, 0) is 15.0 Å². The Hall–Kier alpha value is -3.47. The van der Waals surface area contributed by atoms with Crippen LogP contribution in [-0.4, -0.2) is 11.7 Å². The molecule has 3 aromatic carbocycles. The summed E-state index contributed by atoms with van der Waals surface area (Å²) in [6.07, 6.45) is 1.81. The summed E-state index contributed by atoms with van der Waals surface area (Å²) in [5, 5.41) is 8.18. The van der Waals surface area contributed by atoms with Crippen LogP contribution in [0.4, 0.5) is 15.8 Å². The van der Waals surface area contributed by atoms with Gasteiger partial charge in [0.2, 0.25) is 5.91 Å². The van der Waals surface area contributed by atoms with E-state index in [1.54, 1.807) is 6.07 Å². The van der Waals surface area contributed by atoms with Crippen molar-refractivity contribution in [3.8, 4) is 0 Å². The summed E-state index contributed by atoms with van der Waals surface area (Å²) in [6.45, 7) is 0. The molecule has 3 aromatic rings. The number of anilines is 2. The molecule has 0 bridgehead atoms. The number of fused-ring (bicyclic) bond motifs is 7. The second-order valence-electron chi connectivity index (χ2n) is 7.86. The number of halogens is 1. The van der Waals surface area contributed by atoms with Crippen LogP contribution in [0.1, 0.15) is 30.4 Å². The molecule has 0 saturated carbocycles. The smallest absolute Gasteiger partial charge is 0.244 e. The highest BCUT2D eigenvalue weighted by molar-refractivity contribution is 6.22. The van der Waals surface area contributed by atoms with Gasteiger partial charge in [0.15, 0.2) is 5.78 Å². The van der Waals surface area contributed by atoms with Crippen LogP contribution in [0.2, 0.25) is 0 Å². The number of ketones is 1. The highest BCUT2D eigenvalue weighted by Gasteiger charge is 2.57. The van der Waals surface area contributed by atoms with E-state index in [4.69, 9.17) is 0 Å². The van der Waals surface area contributed by atoms with Crippen LogP contribution < -0.4 is 10.6 Å². The van der Waals surface area contributed by atoms with Crippen molar-refractivity contribution in [2.75, 3.05) is 10.6 Å². The molecule has 0 radical (unpaired) electrons. The largest absolute Gasteiger partial charge is 0.358 e. The van der Waals surface area contributed by atoms with Gasteiger partial charge in [-0.3, -0.25) is 9.59 Å². The zero-order valence-corrected chi connectivity index (χ0v) is 15.5. The first kappa shape index (κ1) is 16.5. The molecule has 5 heteroatoms. The molecular weight excluding hydrogens is 367 g/mol. The topological polar surface area (TPSA) is 58.2 Å². The van der Waals surface area contributed by atoms with Gasteiger partial charge < -0.3 is 10.6 Å². The molecule has 4 nitrogen and oxygen atoms in total. The molecule has 1 atom stereocenters. The average molecular weight is 384 g/mol. The van der Waals surface area contributed by atoms with E-state index in [9.17, 15) is 14.0 Å². The molecule has 1 aliphatic carbocycles. The fraction of sp³-hybridized carbons (Fsp3) is 0.167. The summed E-state index contributed by atoms with van der Waals surface area (Å²) in [5.41, 5.74) is 2.50. The third-order valence-electron chi connectivity index (χ3n) is 6.35. The Morgan fingerprint density at radius 3 is 2.62 bits per heavy atom. The molecule has 6 rings (SSSR count). The van der Waals surface area contributed by atoms with Gasteiger partial charge in [0.1, 0.15) is 11.2 Å². The van der Waals surface area contributed by atoms with Gasteiger partial charge in [-0.15, -0.1) is 0 Å². The molecule has 0 saturated heterocycles. The fourth-order valence-corrected chi connectivity index (χ4v) is 5.24. The lowest BCUT2D eigenvalue weighted by Gasteiger charge is -2.40. The second-order valence-corrected chi connectivity index (χ2v) is 7.86. The van der Waals surface area contributed by atoms with Crippen LogP contribution in [0.3, 0.4) is 0 Å². The van der Waals surface area contributed by atoms with Crippen LogP contribution in [0.5, 0.6) is 0 Å². The third kappa shape index (κ3) is 1.97. The van der Waals surface area contributed by atoms with E-state index in [1.807, 2.05) is 36.4 Å². The minimum Gasteiger partial charge on any atom is -0.358 e. The Labute approximate surface area is 166 Å². The lowest BCUT2D eigenvalue weighted by Crippen LogP contribution is -2.45. The summed E-state index contributed by atoms with van der Waals surface area (Å²) in [5.74, 6) is -0.775. The van der Waals surface area contributed by atoms with Crippen molar-refractivity contribution in [2.24, 2.45) is 0 Å². The van der Waals surface area contributed by atoms with Gasteiger partial charge in [-0.2, -0.15) is 0 Å². The Bertz CT molecular complexity index is 1290. The van der Waals surface area contributed by atoms with E-state index in [0.717, 1.165) is 28.5 Å². The van der Waals surface area contributed by atoms with Crippen molar-refractivity contribution >= 4 is 33.8 Å². The molecule has 2 aliphatic heterocycles. The van der Waals surface area contributed by atoms with Gasteiger partial charge in [0, 0.05) is 40.2 Å². The first-order chi connectivity index (χ1) is 14.1. The monoisotopic (exact) mass is 384 g/mol. The number of amides is 1. The minimum atomic E-state index is -1.34. The van der Waals surface area contributed by atoms with Crippen LogP contribution in [0, 0.1) is 5.82 Å². The number of hydrogen-bond donors (Lipinski definition) is 2. The summed E-state index contributed by atoms with van der Waals surface area (Å²) in [6, 6.07) is 16.1. The quantitative estimate of drug-likeness (QED) is 0.593. The third-order valence-corrected chi connectivity index (χ3v) is 6.35. The predicted octanol–water partition coefficient (Wildman–Crippen LogP) is 4.65. The van der Waals surface area contributed by atoms with Crippen molar-refractivity contribution in [2.45, 2.75) is 24.7 Å². The van der Waals surface area contributed by atoms with Gasteiger partial charge in [0.25, 0.3) is 0 Å². The van der Waals surface area contributed by atoms with Crippen molar-refractivity contribution < 1.29 is 14.0 Å². The van der Waals surface area contributed by atoms with Gasteiger partial charge in [-0.1, -0.05) is 30.3 Å². The van der Waals surface area contributed by atoms with E-state index in [0.29, 0.717) is 35.4 Å². The van der Waals surface area contributed by atoms with Gasteiger partial charge in [-0.25, -0.2) is 4.39 Å². The first-order valence-electron chi connectivity index (χ1n) is 9.78. The molecule has 1 spiro atoms. The Balaban J connectivity index is 1.83. The Morgan fingerprint density at radius 1 is 0.897 bits per heavy atom. The van der Waals surface area contributed by atoms with Crippen molar-refractivity contribution in [3.05, 3.63) is 82.8 Å². The predicted molar refractivity (Wildman–Crippen MR) is 109 cm³/mol. The number of benzene rings is 3. The molecule has 2 N–H and O–H groups in total. The molecule has 0 fully saturated rings. The fourth-order valence-electron chi connectivity index (χ4n) is 5.24. The first-order valence-corrected chi connectivity index (χ1v) is 9.78. The number of rotatable bonds is 0. The molecular formula is C24H17FN2O2. The van der Waals surface area contributed by atoms with E-state index >= 15 is 0 Å². The zero-order valence-electron chi connectivity index (χ0n) is 15.5. The second kappa shape index (κ2) is 5.54. The van der Waals surface area contributed by atoms with E-state index in [-0.39, 0.29) is 11.7 Å². The Morgan fingerprint density at radius 2 is 1.72 bits per heavy atom. The van der Waals surface area contributed by atoms with Crippen molar-refractivity contribution in [1.82, 2.24) is 0 Å². The van der Waals surface area contributed by atoms with Gasteiger partial charge in [-0.05, 0) is 47.9 Å². The Kier molecular flexibility index (Phi) is 3.15. The highest BCUT2D eigenvalue weighted by Crippen LogP contribution is 2.56. The molecule has 0 aromatic heterocycles. The number of carbonyl (C=O) groups excluding carboxylic acids is 2. The SMILES string of the molecule is O=C1CCCC2=C1C1(C(=O)Nc3ccc4ccccc4c31)c1cc(F)ccc1N2. The molecule has 3 aliphatic rings. The normalized spacial score (nSPS) is 22.2. The van der Waals surface area contributed by atoms with E-state index in [2.05, 4.69) is 10.6 Å². The maximum absolute atomic E-state index is 14.4. The van der Waals surface area contributed by atoms with Crippen molar-refractivity contribution in [3.63, 3.8) is 0 Å². The molecule has 2 heterocycles.